The van der Waals surface area contributed by atoms with Gasteiger partial charge in [0, 0.05) is 12.0 Å². The minimum absolute atomic E-state index is 0.0492. The summed E-state index contributed by atoms with van der Waals surface area (Å²) in [7, 11) is -0.800. The first kappa shape index (κ1) is 9.00. The Kier molecular flexibility index (Phi) is 2.25. The minimum atomic E-state index is -2.66. The fourth-order valence-electron chi connectivity index (χ4n) is 1.70. The van der Waals surface area contributed by atoms with Crippen molar-refractivity contribution in [3.05, 3.63) is 0 Å². The zero-order valence-corrected chi connectivity index (χ0v) is 7.87. The first-order valence-electron chi connectivity index (χ1n) is 3.89. The van der Waals surface area contributed by atoms with Gasteiger partial charge in [0.1, 0.15) is 0 Å². The van der Waals surface area contributed by atoms with E-state index in [1.54, 1.807) is 0 Å². The normalized spacial score (nSPS) is 26.0. The lowest BCUT2D eigenvalue weighted by Gasteiger charge is -2.40. The van der Waals surface area contributed by atoms with Crippen molar-refractivity contribution in [2.24, 2.45) is 5.41 Å². The molecule has 1 aliphatic rings. The third-order valence-corrected chi connectivity index (χ3v) is 4.46. The van der Waals surface area contributed by atoms with Gasteiger partial charge in [0.15, 0.2) is 9.84 Å². The van der Waals surface area contributed by atoms with Crippen molar-refractivity contribution in [3.63, 3.8) is 0 Å². The molecule has 0 aromatic carbocycles. The molecule has 0 spiro atoms. The Morgan fingerprint density at radius 1 is 1.45 bits per heavy atom. The molecule has 11 heavy (non-hydrogen) atoms. The summed E-state index contributed by atoms with van der Waals surface area (Å²) >= 11 is 0. The summed E-state index contributed by atoms with van der Waals surface area (Å²) in [5.41, 5.74) is 0.0492. The molecule has 66 valence electrons. The predicted molar refractivity (Wildman–Crippen MR) is 45.3 cm³/mol. The summed E-state index contributed by atoms with van der Waals surface area (Å²) in [6.07, 6.45) is 0.951. The number of rotatable bonds is 3. The average Bonchev–Trinajstić information content (AvgIpc) is 1.84. The highest BCUT2D eigenvalue weighted by molar-refractivity contribution is 7.92. The zero-order chi connectivity index (χ0) is 8.54. The maximum atomic E-state index is 10.9. The van der Waals surface area contributed by atoms with E-state index >= 15 is 0 Å². The van der Waals surface area contributed by atoms with Gasteiger partial charge in [-0.1, -0.05) is 6.92 Å². The minimum Gasteiger partial charge on any atom is -0.319 e. The van der Waals surface area contributed by atoms with E-state index in [9.17, 15) is 8.42 Å². The highest BCUT2D eigenvalue weighted by Gasteiger charge is 2.46. The van der Waals surface area contributed by atoms with Crippen molar-refractivity contribution in [3.8, 4) is 0 Å². The quantitative estimate of drug-likeness (QED) is 0.661. The van der Waals surface area contributed by atoms with Crippen molar-refractivity contribution in [1.29, 1.82) is 0 Å². The Bertz CT molecular complexity index is 221. The molecular weight excluding hydrogens is 162 g/mol. The molecule has 1 saturated heterocycles. The molecule has 1 heterocycles. The molecule has 0 aliphatic carbocycles. The smallest absolute Gasteiger partial charge is 0.151 e. The molecule has 1 fully saturated rings. The van der Waals surface area contributed by atoms with Gasteiger partial charge in [-0.25, -0.2) is 8.42 Å². The number of hydrogen-bond acceptors (Lipinski definition) is 3. The van der Waals surface area contributed by atoms with Crippen LogP contribution in [-0.2, 0) is 9.84 Å². The largest absolute Gasteiger partial charge is 0.319 e. The van der Waals surface area contributed by atoms with Gasteiger partial charge < -0.3 is 5.32 Å². The van der Waals surface area contributed by atoms with Crippen LogP contribution in [0.5, 0.6) is 0 Å². The number of sulfone groups is 1. The molecule has 0 unspecified atom stereocenters. The second-order valence-corrected chi connectivity index (χ2v) is 5.48. The fraction of sp³-hybridized carbons (Fsp3) is 1.00. The van der Waals surface area contributed by atoms with Crippen LogP contribution < -0.4 is 5.32 Å². The molecular formula is C7H15NO2S. The molecule has 1 N–H and O–H groups in total. The van der Waals surface area contributed by atoms with Crippen LogP contribution in [0.3, 0.4) is 0 Å². The standard InChI is InChI=1S/C7H15NO2S/c1-3-7(4-8-2)5-11(9,10)6-7/h8H,3-6H2,1-2H3. The van der Waals surface area contributed by atoms with E-state index in [0.717, 1.165) is 13.0 Å². The van der Waals surface area contributed by atoms with Crippen LogP contribution in [-0.4, -0.2) is 33.5 Å². The number of hydrogen-bond donors (Lipinski definition) is 1. The van der Waals surface area contributed by atoms with Crippen LogP contribution in [0.2, 0.25) is 0 Å². The Hall–Kier alpha value is -0.0900. The first-order chi connectivity index (χ1) is 5.04. The summed E-state index contributed by atoms with van der Waals surface area (Å²) in [5.74, 6) is 0.745. The van der Waals surface area contributed by atoms with Gasteiger partial charge in [-0.3, -0.25) is 0 Å². The zero-order valence-electron chi connectivity index (χ0n) is 7.05. The lowest BCUT2D eigenvalue weighted by molar-refractivity contribution is 0.310. The Morgan fingerprint density at radius 3 is 2.27 bits per heavy atom. The van der Waals surface area contributed by atoms with Gasteiger partial charge in [-0.2, -0.15) is 0 Å². The summed E-state index contributed by atoms with van der Waals surface area (Å²) in [5, 5.41) is 3.03. The maximum Gasteiger partial charge on any atom is 0.151 e. The van der Waals surface area contributed by atoms with Crippen molar-refractivity contribution in [2.75, 3.05) is 25.1 Å². The van der Waals surface area contributed by atoms with Crippen LogP contribution in [0.1, 0.15) is 13.3 Å². The SMILES string of the molecule is CCC1(CNC)CS(=O)(=O)C1. The molecule has 0 saturated carbocycles. The molecule has 4 heteroatoms. The summed E-state index contributed by atoms with van der Waals surface area (Å²) < 4.78 is 21.8. The van der Waals surface area contributed by atoms with E-state index in [-0.39, 0.29) is 5.41 Å². The maximum absolute atomic E-state index is 10.9. The highest BCUT2D eigenvalue weighted by Crippen LogP contribution is 2.35. The summed E-state index contributed by atoms with van der Waals surface area (Å²) in [4.78, 5) is 0. The molecule has 3 nitrogen and oxygen atoms in total. The predicted octanol–water partition coefficient (Wildman–Crippen LogP) is 0.0306. The van der Waals surface area contributed by atoms with Gasteiger partial charge in [0.25, 0.3) is 0 Å². The molecule has 0 aromatic heterocycles. The van der Waals surface area contributed by atoms with E-state index in [2.05, 4.69) is 5.32 Å². The van der Waals surface area contributed by atoms with Gasteiger partial charge >= 0.3 is 0 Å². The molecule has 1 aliphatic heterocycles. The van der Waals surface area contributed by atoms with E-state index in [1.165, 1.54) is 0 Å². The molecule has 0 aromatic rings. The van der Waals surface area contributed by atoms with Crippen LogP contribution in [0, 0.1) is 5.41 Å². The van der Waals surface area contributed by atoms with Gasteiger partial charge in [-0.15, -0.1) is 0 Å². The van der Waals surface area contributed by atoms with Gasteiger partial charge in [-0.05, 0) is 13.5 Å². The molecule has 0 atom stereocenters. The lowest BCUT2D eigenvalue weighted by atomic mass is 9.89. The Balaban J connectivity index is 2.56. The summed E-state index contributed by atoms with van der Waals surface area (Å²) in [6.45, 7) is 2.87. The van der Waals surface area contributed by atoms with Crippen molar-refractivity contribution >= 4 is 9.84 Å². The monoisotopic (exact) mass is 177 g/mol. The highest BCUT2D eigenvalue weighted by atomic mass is 32.2. The third kappa shape index (κ3) is 1.73. The van der Waals surface area contributed by atoms with Crippen molar-refractivity contribution in [2.45, 2.75) is 13.3 Å². The molecule has 0 amide bonds. The molecule has 1 rings (SSSR count). The topological polar surface area (TPSA) is 46.2 Å². The fourth-order valence-corrected chi connectivity index (χ4v) is 4.09. The summed E-state index contributed by atoms with van der Waals surface area (Å²) in [6, 6.07) is 0. The van der Waals surface area contributed by atoms with E-state index in [4.69, 9.17) is 0 Å². The van der Waals surface area contributed by atoms with Gasteiger partial charge in [0.05, 0.1) is 11.5 Å². The van der Waals surface area contributed by atoms with E-state index in [1.807, 2.05) is 14.0 Å². The van der Waals surface area contributed by atoms with Crippen LogP contribution >= 0.6 is 0 Å². The van der Waals surface area contributed by atoms with Gasteiger partial charge in [0.2, 0.25) is 0 Å². The van der Waals surface area contributed by atoms with E-state index < -0.39 is 9.84 Å². The molecule has 0 radical (unpaired) electrons. The Morgan fingerprint density at radius 2 is 2.00 bits per heavy atom. The third-order valence-electron chi connectivity index (χ3n) is 2.35. The second kappa shape index (κ2) is 2.75. The van der Waals surface area contributed by atoms with E-state index in [0.29, 0.717) is 11.5 Å². The van der Waals surface area contributed by atoms with Crippen LogP contribution in [0.25, 0.3) is 0 Å². The Labute approximate surface area is 68.1 Å². The number of nitrogens with one attached hydrogen (secondary N) is 1. The second-order valence-electron chi connectivity index (χ2n) is 3.42. The lowest BCUT2D eigenvalue weighted by Crippen LogP contribution is -2.53. The van der Waals surface area contributed by atoms with Crippen molar-refractivity contribution < 1.29 is 8.42 Å². The first-order valence-corrected chi connectivity index (χ1v) is 5.71. The molecule has 0 bridgehead atoms. The van der Waals surface area contributed by atoms with Crippen LogP contribution in [0.4, 0.5) is 0 Å². The van der Waals surface area contributed by atoms with Crippen LogP contribution in [0.15, 0.2) is 0 Å². The average molecular weight is 177 g/mol. The van der Waals surface area contributed by atoms with Crippen molar-refractivity contribution in [1.82, 2.24) is 5.32 Å².